The van der Waals surface area contributed by atoms with Crippen LogP contribution in [0, 0.1) is 11.8 Å². The number of rotatable bonds is 10. The minimum absolute atomic E-state index is 0.0342. The molecule has 1 aromatic heterocycles. The molecule has 1 aromatic carbocycles. The lowest BCUT2D eigenvalue weighted by atomic mass is 9.82. The molecule has 0 bridgehead atoms. The largest absolute Gasteiger partial charge is 0.496 e. The highest BCUT2D eigenvalue weighted by atomic mass is 35.5. The molecule has 1 amide bonds. The van der Waals surface area contributed by atoms with Crippen LogP contribution in [-0.2, 0) is 16.0 Å². The zero-order chi connectivity index (χ0) is 26.2. The number of pyridine rings is 1. The fourth-order valence-electron chi connectivity index (χ4n) is 4.65. The maximum Gasteiger partial charge on any atom is 0.308 e. The first-order chi connectivity index (χ1) is 17.2. The number of aliphatic hydroxyl groups excluding tert-OH is 1. The van der Waals surface area contributed by atoms with E-state index in [9.17, 15) is 14.7 Å². The van der Waals surface area contributed by atoms with Crippen molar-refractivity contribution in [3.05, 3.63) is 52.2 Å². The average molecular weight is 518 g/mol. The van der Waals surface area contributed by atoms with Crippen LogP contribution in [0.1, 0.15) is 67.1 Å². The average Bonchev–Trinajstić information content (AvgIpc) is 2.87. The van der Waals surface area contributed by atoms with E-state index >= 15 is 0 Å². The quantitative estimate of drug-likeness (QED) is 0.396. The minimum atomic E-state index is -0.445. The predicted molar refractivity (Wildman–Crippen MR) is 139 cm³/mol. The standard InChI is InChI=1S/C27H36ClN3O5/c1-16(32)11-19-7-10-24(35-3)22(12-19)17(2)31-25-23(28)13-21(15-29-25)26(33)30-14-18-5-8-20(9-6-18)27(34)36-4/h7,10,12-13,15-18,20,32H,5-6,8-9,11,14H2,1-4H3,(H,29,31)(H,30,33). The molecule has 3 rings (SSSR count). The van der Waals surface area contributed by atoms with Crippen molar-refractivity contribution in [1.82, 2.24) is 10.3 Å². The van der Waals surface area contributed by atoms with Crippen molar-refractivity contribution in [3.63, 3.8) is 0 Å². The maximum atomic E-state index is 12.7. The molecule has 36 heavy (non-hydrogen) atoms. The van der Waals surface area contributed by atoms with E-state index in [-0.39, 0.29) is 23.8 Å². The molecule has 196 valence electrons. The number of aromatic nitrogens is 1. The molecule has 2 aromatic rings. The van der Waals surface area contributed by atoms with Crippen molar-refractivity contribution in [2.45, 2.75) is 58.1 Å². The van der Waals surface area contributed by atoms with Gasteiger partial charge in [0.2, 0.25) is 0 Å². The monoisotopic (exact) mass is 517 g/mol. The summed E-state index contributed by atoms with van der Waals surface area (Å²) < 4.78 is 10.3. The summed E-state index contributed by atoms with van der Waals surface area (Å²) in [6, 6.07) is 7.24. The zero-order valence-electron chi connectivity index (χ0n) is 21.3. The highest BCUT2D eigenvalue weighted by molar-refractivity contribution is 6.33. The molecule has 9 heteroatoms. The van der Waals surface area contributed by atoms with Gasteiger partial charge in [-0.2, -0.15) is 0 Å². The number of aliphatic hydroxyl groups is 1. The third-order valence-corrected chi connectivity index (χ3v) is 6.97. The van der Waals surface area contributed by atoms with Crippen molar-refractivity contribution >= 4 is 29.3 Å². The van der Waals surface area contributed by atoms with Crippen molar-refractivity contribution in [2.24, 2.45) is 11.8 Å². The van der Waals surface area contributed by atoms with E-state index in [0.717, 1.165) is 42.6 Å². The highest BCUT2D eigenvalue weighted by Gasteiger charge is 2.27. The molecule has 2 unspecified atom stereocenters. The second-order valence-electron chi connectivity index (χ2n) is 9.50. The van der Waals surface area contributed by atoms with Gasteiger partial charge < -0.3 is 25.2 Å². The van der Waals surface area contributed by atoms with Crippen LogP contribution in [-0.4, -0.2) is 48.8 Å². The lowest BCUT2D eigenvalue weighted by molar-refractivity contribution is -0.146. The fraction of sp³-hybridized carbons (Fsp3) is 0.519. The number of amides is 1. The number of methoxy groups -OCH3 is 2. The van der Waals surface area contributed by atoms with Crippen molar-refractivity contribution in [3.8, 4) is 5.75 Å². The van der Waals surface area contributed by atoms with Crippen LogP contribution in [0.3, 0.4) is 0 Å². The van der Waals surface area contributed by atoms with E-state index < -0.39 is 6.10 Å². The Kier molecular flexibility index (Phi) is 9.96. The van der Waals surface area contributed by atoms with Crippen LogP contribution >= 0.6 is 11.6 Å². The number of halogens is 1. The molecule has 1 aliphatic carbocycles. The van der Waals surface area contributed by atoms with Gasteiger partial charge in [-0.15, -0.1) is 0 Å². The topological polar surface area (TPSA) is 110 Å². The van der Waals surface area contributed by atoms with E-state index in [4.69, 9.17) is 21.1 Å². The first kappa shape index (κ1) is 27.7. The Morgan fingerprint density at radius 3 is 2.50 bits per heavy atom. The van der Waals surface area contributed by atoms with E-state index in [1.54, 1.807) is 20.1 Å². The predicted octanol–water partition coefficient (Wildman–Crippen LogP) is 4.55. The number of benzene rings is 1. The summed E-state index contributed by atoms with van der Waals surface area (Å²) in [6.07, 6.45) is 4.92. The first-order valence-electron chi connectivity index (χ1n) is 12.3. The zero-order valence-corrected chi connectivity index (χ0v) is 22.1. The van der Waals surface area contributed by atoms with Crippen LogP contribution < -0.4 is 15.4 Å². The third-order valence-electron chi connectivity index (χ3n) is 6.68. The number of anilines is 1. The van der Waals surface area contributed by atoms with Gasteiger partial charge in [-0.3, -0.25) is 9.59 Å². The number of nitrogens with one attached hydrogen (secondary N) is 2. The molecule has 1 aliphatic rings. The van der Waals surface area contributed by atoms with Gasteiger partial charge in [-0.1, -0.05) is 17.7 Å². The Balaban J connectivity index is 1.59. The van der Waals surface area contributed by atoms with Gasteiger partial charge in [0, 0.05) is 18.3 Å². The number of hydrogen-bond donors (Lipinski definition) is 3. The van der Waals surface area contributed by atoms with Crippen LogP contribution in [0.4, 0.5) is 5.82 Å². The van der Waals surface area contributed by atoms with Gasteiger partial charge >= 0.3 is 5.97 Å². The lowest BCUT2D eigenvalue weighted by Crippen LogP contribution is -2.32. The van der Waals surface area contributed by atoms with E-state index in [2.05, 4.69) is 15.6 Å². The number of carbonyl (C=O) groups is 2. The molecule has 1 fully saturated rings. The van der Waals surface area contributed by atoms with E-state index in [1.165, 1.54) is 13.3 Å². The highest BCUT2D eigenvalue weighted by Crippen LogP contribution is 2.32. The van der Waals surface area contributed by atoms with Crippen LogP contribution in [0.2, 0.25) is 5.02 Å². The van der Waals surface area contributed by atoms with Gasteiger partial charge in [0.1, 0.15) is 11.6 Å². The summed E-state index contributed by atoms with van der Waals surface area (Å²) in [5.41, 5.74) is 2.30. The summed E-state index contributed by atoms with van der Waals surface area (Å²) in [5, 5.41) is 16.3. The number of esters is 1. The molecular formula is C27H36ClN3O5. The summed E-state index contributed by atoms with van der Waals surface area (Å²) in [7, 11) is 3.03. The third kappa shape index (κ3) is 7.34. The summed E-state index contributed by atoms with van der Waals surface area (Å²) in [5.74, 6) is 1.10. The van der Waals surface area contributed by atoms with E-state index in [1.807, 2.05) is 25.1 Å². The second-order valence-corrected chi connectivity index (χ2v) is 9.91. The Labute approximate surface area is 217 Å². The maximum absolute atomic E-state index is 12.7. The molecule has 8 nitrogen and oxygen atoms in total. The Hall–Kier alpha value is -2.84. The normalized spacial score (nSPS) is 19.2. The Morgan fingerprint density at radius 2 is 1.89 bits per heavy atom. The molecule has 3 N–H and O–H groups in total. The van der Waals surface area contributed by atoms with Gasteiger partial charge in [0.15, 0.2) is 0 Å². The Morgan fingerprint density at radius 1 is 1.17 bits per heavy atom. The summed E-state index contributed by atoms with van der Waals surface area (Å²) in [4.78, 5) is 28.8. The summed E-state index contributed by atoms with van der Waals surface area (Å²) >= 11 is 6.47. The van der Waals surface area contributed by atoms with Gasteiger partial charge in [0.05, 0.1) is 42.9 Å². The number of nitrogens with zero attached hydrogens (tertiary/aromatic N) is 1. The minimum Gasteiger partial charge on any atom is -0.496 e. The molecule has 0 spiro atoms. The molecule has 0 aliphatic heterocycles. The summed E-state index contributed by atoms with van der Waals surface area (Å²) in [6.45, 7) is 4.27. The number of carbonyl (C=O) groups excluding carboxylic acids is 2. The lowest BCUT2D eigenvalue weighted by Gasteiger charge is -2.27. The van der Waals surface area contributed by atoms with Gasteiger partial charge in [-0.25, -0.2) is 4.98 Å². The van der Waals surface area contributed by atoms with Crippen LogP contribution in [0.25, 0.3) is 0 Å². The number of hydrogen-bond acceptors (Lipinski definition) is 7. The van der Waals surface area contributed by atoms with Gasteiger partial charge in [-0.05, 0) is 75.6 Å². The van der Waals surface area contributed by atoms with Crippen LogP contribution in [0.5, 0.6) is 5.75 Å². The first-order valence-corrected chi connectivity index (χ1v) is 12.7. The van der Waals surface area contributed by atoms with Crippen molar-refractivity contribution < 1.29 is 24.2 Å². The smallest absolute Gasteiger partial charge is 0.308 e. The van der Waals surface area contributed by atoms with Crippen LogP contribution in [0.15, 0.2) is 30.5 Å². The van der Waals surface area contributed by atoms with Crippen molar-refractivity contribution in [1.29, 1.82) is 0 Å². The van der Waals surface area contributed by atoms with Crippen molar-refractivity contribution in [2.75, 3.05) is 26.1 Å². The van der Waals surface area contributed by atoms with E-state index in [0.29, 0.717) is 35.3 Å². The SMILES string of the molecule is COC(=O)C1CCC(CNC(=O)c2cnc(NC(C)c3cc(CC(C)O)ccc3OC)c(Cl)c2)CC1. The fourth-order valence-corrected chi connectivity index (χ4v) is 4.87. The Bertz CT molecular complexity index is 1050. The number of ether oxygens (including phenoxy) is 2. The molecule has 1 heterocycles. The molecule has 0 saturated heterocycles. The molecular weight excluding hydrogens is 482 g/mol. The molecule has 0 radical (unpaired) electrons. The van der Waals surface area contributed by atoms with Gasteiger partial charge in [0.25, 0.3) is 5.91 Å². The second kappa shape index (κ2) is 12.9. The molecule has 1 saturated carbocycles. The molecule has 2 atom stereocenters.